The quantitative estimate of drug-likeness (QED) is 0.612. The molecule has 3 aliphatic rings. The van der Waals surface area contributed by atoms with Gasteiger partial charge in [-0.2, -0.15) is 0 Å². The lowest BCUT2D eigenvalue weighted by molar-refractivity contribution is -0.233. The Bertz CT molecular complexity index is 1160. The number of amides is 1. The van der Waals surface area contributed by atoms with Crippen molar-refractivity contribution in [2.75, 3.05) is 19.0 Å². The van der Waals surface area contributed by atoms with Gasteiger partial charge in [0.2, 0.25) is 0 Å². The van der Waals surface area contributed by atoms with Gasteiger partial charge in [-0.25, -0.2) is 18.7 Å². The number of pyridine rings is 2. The third-order valence-electron chi connectivity index (χ3n) is 6.29. The molecule has 6 rings (SSSR count). The smallest absolute Gasteiger partial charge is 0.280 e. The third kappa shape index (κ3) is 3.15. The van der Waals surface area contributed by atoms with Gasteiger partial charge >= 0.3 is 0 Å². The molecule has 0 saturated heterocycles. The number of methoxy groups -OCH3 is 1. The predicted molar refractivity (Wildman–Crippen MR) is 109 cm³/mol. The van der Waals surface area contributed by atoms with Crippen molar-refractivity contribution in [2.45, 2.75) is 43.6 Å². The highest BCUT2D eigenvalue weighted by atomic mass is 19.3. The topological polar surface area (TPSA) is 77.8 Å². The summed E-state index contributed by atoms with van der Waals surface area (Å²) in [4.78, 5) is 21.2. The van der Waals surface area contributed by atoms with E-state index in [4.69, 9.17) is 14.5 Å². The Kier molecular flexibility index (Phi) is 4.47. The van der Waals surface area contributed by atoms with Gasteiger partial charge in [-0.1, -0.05) is 6.07 Å². The Morgan fingerprint density at radius 3 is 2.71 bits per heavy atom. The van der Waals surface area contributed by atoms with Gasteiger partial charge in [0.25, 0.3) is 12.3 Å². The summed E-state index contributed by atoms with van der Waals surface area (Å²) < 4.78 is 39.0. The lowest BCUT2D eigenvalue weighted by Crippen LogP contribution is -2.70. The van der Waals surface area contributed by atoms with E-state index in [9.17, 15) is 13.6 Å². The van der Waals surface area contributed by atoms with Crippen molar-refractivity contribution in [3.8, 4) is 5.75 Å². The monoisotopic (exact) mass is 428 g/mol. The SMILES string of the molecule is CCOc1cc2nc(C34CC(OC)(C3)C4)cn2cc1NC(=O)c1cccc(C(F)F)n1. The molecule has 0 unspecified atom stereocenters. The summed E-state index contributed by atoms with van der Waals surface area (Å²) in [5.74, 6) is -0.138. The van der Waals surface area contributed by atoms with Gasteiger partial charge in [0, 0.05) is 31.0 Å². The first-order chi connectivity index (χ1) is 14.9. The van der Waals surface area contributed by atoms with E-state index in [2.05, 4.69) is 10.3 Å². The van der Waals surface area contributed by atoms with Crippen LogP contribution in [0.3, 0.4) is 0 Å². The second-order valence-electron chi connectivity index (χ2n) is 8.28. The van der Waals surface area contributed by atoms with E-state index >= 15 is 0 Å². The summed E-state index contributed by atoms with van der Waals surface area (Å²) >= 11 is 0. The van der Waals surface area contributed by atoms with Crippen molar-refractivity contribution in [3.63, 3.8) is 0 Å². The number of anilines is 1. The maximum absolute atomic E-state index is 12.9. The molecule has 0 aromatic carbocycles. The van der Waals surface area contributed by atoms with Crippen molar-refractivity contribution >= 4 is 17.2 Å². The van der Waals surface area contributed by atoms with Crippen LogP contribution < -0.4 is 10.1 Å². The zero-order chi connectivity index (χ0) is 21.8. The van der Waals surface area contributed by atoms with Crippen molar-refractivity contribution in [1.29, 1.82) is 0 Å². The van der Waals surface area contributed by atoms with Crippen LogP contribution in [0.1, 0.15) is 54.5 Å². The van der Waals surface area contributed by atoms with Gasteiger partial charge in [-0.3, -0.25) is 4.79 Å². The molecule has 3 fully saturated rings. The number of carbonyl (C=O) groups excluding carboxylic acids is 1. The number of imidazole rings is 1. The summed E-state index contributed by atoms with van der Waals surface area (Å²) in [5, 5.41) is 2.73. The Morgan fingerprint density at radius 2 is 2.03 bits per heavy atom. The number of rotatable bonds is 7. The highest BCUT2D eigenvalue weighted by Crippen LogP contribution is 2.69. The van der Waals surface area contributed by atoms with Crippen LogP contribution in [0.2, 0.25) is 0 Å². The summed E-state index contributed by atoms with van der Waals surface area (Å²) in [6.45, 7) is 2.23. The van der Waals surface area contributed by atoms with Crippen LogP contribution in [-0.2, 0) is 10.2 Å². The van der Waals surface area contributed by atoms with Crippen LogP contribution >= 0.6 is 0 Å². The van der Waals surface area contributed by atoms with Gasteiger partial charge in [0.05, 0.1) is 17.9 Å². The number of aromatic nitrogens is 3. The van der Waals surface area contributed by atoms with E-state index in [1.54, 1.807) is 19.4 Å². The summed E-state index contributed by atoms with van der Waals surface area (Å²) in [6.07, 6.45) is 3.84. The number of alkyl halides is 2. The van der Waals surface area contributed by atoms with Gasteiger partial charge in [0.1, 0.15) is 28.5 Å². The number of ether oxygens (including phenoxy) is 2. The second kappa shape index (κ2) is 6.98. The van der Waals surface area contributed by atoms with Gasteiger partial charge < -0.3 is 19.2 Å². The highest BCUT2D eigenvalue weighted by molar-refractivity contribution is 6.03. The standard InChI is InChI=1S/C22H22F2N4O3/c1-3-31-16-7-18-27-17(21-10-22(11-21,12-21)30-2)9-28(18)8-15(16)26-20(29)14-6-4-5-13(25-14)19(23)24/h4-9,19H,3,10-12H2,1-2H3,(H,26,29). The van der Waals surface area contributed by atoms with E-state index in [1.165, 1.54) is 18.2 Å². The average molecular weight is 428 g/mol. The Labute approximate surface area is 177 Å². The zero-order valence-electron chi connectivity index (χ0n) is 17.2. The zero-order valence-corrected chi connectivity index (χ0v) is 17.2. The van der Waals surface area contributed by atoms with Crippen molar-refractivity contribution in [3.05, 3.63) is 53.7 Å². The number of nitrogens with one attached hydrogen (secondary N) is 1. The molecule has 2 bridgehead atoms. The Morgan fingerprint density at radius 1 is 1.26 bits per heavy atom. The molecule has 1 amide bonds. The molecule has 0 radical (unpaired) electrons. The van der Waals surface area contributed by atoms with E-state index in [0.29, 0.717) is 23.7 Å². The Balaban J connectivity index is 1.44. The lowest BCUT2D eigenvalue weighted by Gasteiger charge is -2.68. The maximum Gasteiger partial charge on any atom is 0.280 e. The van der Waals surface area contributed by atoms with E-state index in [1.807, 2.05) is 17.5 Å². The first-order valence-electron chi connectivity index (χ1n) is 10.1. The van der Waals surface area contributed by atoms with Crippen molar-refractivity contribution < 1.29 is 23.0 Å². The normalized spacial score (nSPS) is 24.0. The van der Waals surface area contributed by atoms with E-state index < -0.39 is 18.0 Å². The fraction of sp³-hybridized carbons (Fsp3) is 0.409. The number of halogens is 2. The minimum Gasteiger partial charge on any atom is -0.491 e. The van der Waals surface area contributed by atoms with Gasteiger partial charge in [0.15, 0.2) is 0 Å². The first kappa shape index (κ1) is 19.9. The van der Waals surface area contributed by atoms with Crippen LogP contribution in [0, 0.1) is 0 Å². The molecule has 1 N–H and O–H groups in total. The average Bonchev–Trinajstić information content (AvgIpc) is 3.09. The van der Waals surface area contributed by atoms with Crippen LogP contribution in [0.5, 0.6) is 5.75 Å². The molecular weight excluding hydrogens is 406 g/mol. The number of hydrogen-bond donors (Lipinski definition) is 1. The summed E-state index contributed by atoms with van der Waals surface area (Å²) in [5.41, 5.74) is 1.68. The molecule has 9 heteroatoms. The fourth-order valence-corrected chi connectivity index (χ4v) is 4.71. The van der Waals surface area contributed by atoms with E-state index in [-0.39, 0.29) is 16.7 Å². The number of carbonyl (C=O) groups is 1. The molecule has 0 atom stereocenters. The molecule has 3 heterocycles. The molecule has 7 nitrogen and oxygen atoms in total. The molecule has 0 spiro atoms. The highest BCUT2D eigenvalue weighted by Gasteiger charge is 2.70. The maximum atomic E-state index is 12.9. The second-order valence-corrected chi connectivity index (χ2v) is 8.28. The molecular formula is C22H22F2N4O3. The lowest BCUT2D eigenvalue weighted by atomic mass is 9.40. The minimum absolute atomic E-state index is 0.0190. The Hall–Kier alpha value is -3.07. The molecule has 31 heavy (non-hydrogen) atoms. The summed E-state index contributed by atoms with van der Waals surface area (Å²) in [7, 11) is 1.75. The largest absolute Gasteiger partial charge is 0.491 e. The first-order valence-corrected chi connectivity index (χ1v) is 10.1. The number of hydrogen-bond acceptors (Lipinski definition) is 5. The van der Waals surface area contributed by atoms with E-state index in [0.717, 1.165) is 25.0 Å². The molecule has 3 aromatic rings. The predicted octanol–water partition coefficient (Wildman–Crippen LogP) is 4.14. The fourth-order valence-electron chi connectivity index (χ4n) is 4.71. The van der Waals surface area contributed by atoms with Crippen LogP contribution in [-0.4, -0.2) is 39.6 Å². The molecule has 162 valence electrons. The van der Waals surface area contributed by atoms with Crippen molar-refractivity contribution in [2.24, 2.45) is 0 Å². The third-order valence-corrected chi connectivity index (χ3v) is 6.29. The molecule has 3 aliphatic carbocycles. The minimum atomic E-state index is -2.75. The van der Waals surface area contributed by atoms with Gasteiger partial charge in [-0.05, 0) is 38.3 Å². The molecule has 0 aliphatic heterocycles. The number of fused-ring (bicyclic) bond motifs is 1. The van der Waals surface area contributed by atoms with Gasteiger partial charge in [-0.15, -0.1) is 0 Å². The van der Waals surface area contributed by atoms with Crippen LogP contribution in [0.4, 0.5) is 14.5 Å². The summed E-state index contributed by atoms with van der Waals surface area (Å²) in [6, 6.07) is 5.73. The van der Waals surface area contributed by atoms with Crippen molar-refractivity contribution in [1.82, 2.24) is 14.4 Å². The number of nitrogens with zero attached hydrogens (tertiary/aromatic N) is 3. The molecule has 3 saturated carbocycles. The van der Waals surface area contributed by atoms with Crippen LogP contribution in [0.15, 0.2) is 36.7 Å². The molecule has 3 aromatic heterocycles. The van der Waals surface area contributed by atoms with Crippen LogP contribution in [0.25, 0.3) is 5.65 Å².